The van der Waals surface area contributed by atoms with Gasteiger partial charge in [0.2, 0.25) is 0 Å². The molecule has 0 aromatic heterocycles. The highest BCUT2D eigenvalue weighted by atomic mass is 16.5. The number of rotatable bonds is 6. The maximum absolute atomic E-state index is 12.1. The quantitative estimate of drug-likeness (QED) is 0.805. The van der Waals surface area contributed by atoms with Crippen molar-refractivity contribution >= 4 is 5.91 Å². The van der Waals surface area contributed by atoms with Crippen LogP contribution >= 0.6 is 0 Å². The second-order valence-corrected chi connectivity index (χ2v) is 4.44. The number of nitrogens with two attached hydrogens (primary N) is 1. The molecule has 0 bridgehead atoms. The van der Waals surface area contributed by atoms with E-state index in [1.54, 1.807) is 7.11 Å². The minimum atomic E-state index is -0.109. The standard InChI is InChI=1S/C14H22N2O2/c1-4-11-5-6-13(18-3)12(7-11)14(17)16-9-10(2)8-15/h5-7,10H,4,8-9,15H2,1-3H3,(H,16,17). The smallest absolute Gasteiger partial charge is 0.255 e. The zero-order chi connectivity index (χ0) is 13.5. The largest absolute Gasteiger partial charge is 0.496 e. The summed E-state index contributed by atoms with van der Waals surface area (Å²) >= 11 is 0. The zero-order valence-corrected chi connectivity index (χ0v) is 11.3. The van der Waals surface area contributed by atoms with Crippen LogP contribution in [0.15, 0.2) is 18.2 Å². The predicted molar refractivity (Wildman–Crippen MR) is 72.9 cm³/mol. The Bertz CT molecular complexity index is 405. The molecule has 18 heavy (non-hydrogen) atoms. The van der Waals surface area contributed by atoms with E-state index in [0.29, 0.717) is 24.4 Å². The summed E-state index contributed by atoms with van der Waals surface area (Å²) in [7, 11) is 1.57. The first-order chi connectivity index (χ1) is 8.62. The maximum Gasteiger partial charge on any atom is 0.255 e. The average molecular weight is 250 g/mol. The summed E-state index contributed by atoms with van der Waals surface area (Å²) in [6.45, 7) is 5.20. The first-order valence-electron chi connectivity index (χ1n) is 6.27. The van der Waals surface area contributed by atoms with Gasteiger partial charge in [-0.2, -0.15) is 0 Å². The number of amides is 1. The number of ether oxygens (including phenoxy) is 1. The van der Waals surface area contributed by atoms with E-state index in [0.717, 1.165) is 12.0 Å². The Balaban J connectivity index is 2.82. The highest BCUT2D eigenvalue weighted by molar-refractivity contribution is 5.97. The Hall–Kier alpha value is -1.55. The molecule has 0 heterocycles. The Kier molecular flexibility index (Phi) is 5.65. The predicted octanol–water partition coefficient (Wildman–Crippen LogP) is 1.58. The average Bonchev–Trinajstić information content (AvgIpc) is 2.43. The van der Waals surface area contributed by atoms with Crippen LogP contribution in [-0.2, 0) is 6.42 Å². The highest BCUT2D eigenvalue weighted by Crippen LogP contribution is 2.20. The molecular formula is C14H22N2O2. The van der Waals surface area contributed by atoms with E-state index in [2.05, 4.69) is 12.2 Å². The van der Waals surface area contributed by atoms with Crippen molar-refractivity contribution in [3.8, 4) is 5.75 Å². The summed E-state index contributed by atoms with van der Waals surface area (Å²) < 4.78 is 5.21. The Morgan fingerprint density at radius 1 is 1.50 bits per heavy atom. The number of nitrogens with one attached hydrogen (secondary N) is 1. The van der Waals surface area contributed by atoms with Gasteiger partial charge in [-0.15, -0.1) is 0 Å². The van der Waals surface area contributed by atoms with Crippen LogP contribution in [0.1, 0.15) is 29.8 Å². The molecule has 1 unspecified atom stereocenters. The topological polar surface area (TPSA) is 64.3 Å². The fourth-order valence-electron chi connectivity index (χ4n) is 1.60. The number of hydrogen-bond donors (Lipinski definition) is 2. The normalized spacial score (nSPS) is 12.0. The van der Waals surface area contributed by atoms with Gasteiger partial charge in [-0.3, -0.25) is 4.79 Å². The zero-order valence-electron chi connectivity index (χ0n) is 11.3. The molecule has 1 rings (SSSR count). The first-order valence-corrected chi connectivity index (χ1v) is 6.27. The van der Waals surface area contributed by atoms with Gasteiger partial charge in [-0.1, -0.05) is 19.9 Å². The number of benzene rings is 1. The van der Waals surface area contributed by atoms with Gasteiger partial charge < -0.3 is 15.8 Å². The van der Waals surface area contributed by atoms with Gasteiger partial charge in [0.25, 0.3) is 5.91 Å². The molecule has 100 valence electrons. The molecular weight excluding hydrogens is 228 g/mol. The number of carbonyl (C=O) groups is 1. The monoisotopic (exact) mass is 250 g/mol. The lowest BCUT2D eigenvalue weighted by atomic mass is 10.1. The summed E-state index contributed by atoms with van der Waals surface area (Å²) in [5.74, 6) is 0.766. The molecule has 4 heteroatoms. The van der Waals surface area contributed by atoms with Crippen LogP contribution in [-0.4, -0.2) is 26.1 Å². The van der Waals surface area contributed by atoms with Crippen molar-refractivity contribution in [2.45, 2.75) is 20.3 Å². The minimum absolute atomic E-state index is 0.109. The van der Waals surface area contributed by atoms with Gasteiger partial charge in [-0.05, 0) is 36.6 Å². The van der Waals surface area contributed by atoms with Crippen LogP contribution in [0.5, 0.6) is 5.75 Å². The van der Waals surface area contributed by atoms with E-state index in [4.69, 9.17) is 10.5 Å². The van der Waals surface area contributed by atoms with Crippen LogP contribution in [0.25, 0.3) is 0 Å². The van der Waals surface area contributed by atoms with E-state index in [-0.39, 0.29) is 11.8 Å². The summed E-state index contributed by atoms with van der Waals surface area (Å²) in [6, 6.07) is 5.68. The van der Waals surface area contributed by atoms with Crippen molar-refractivity contribution in [1.29, 1.82) is 0 Å². The minimum Gasteiger partial charge on any atom is -0.496 e. The van der Waals surface area contributed by atoms with Crippen LogP contribution in [0.2, 0.25) is 0 Å². The molecule has 4 nitrogen and oxygen atoms in total. The third kappa shape index (κ3) is 3.74. The fourth-order valence-corrected chi connectivity index (χ4v) is 1.60. The molecule has 1 amide bonds. The second-order valence-electron chi connectivity index (χ2n) is 4.44. The Labute approximate surface area is 109 Å². The summed E-state index contributed by atoms with van der Waals surface area (Å²) in [4.78, 5) is 12.1. The summed E-state index contributed by atoms with van der Waals surface area (Å²) in [5, 5.41) is 2.88. The van der Waals surface area contributed by atoms with Crippen molar-refractivity contribution in [2.75, 3.05) is 20.2 Å². The highest BCUT2D eigenvalue weighted by Gasteiger charge is 2.13. The third-order valence-electron chi connectivity index (χ3n) is 2.93. The molecule has 0 aliphatic carbocycles. The molecule has 0 aliphatic rings. The first kappa shape index (κ1) is 14.5. The summed E-state index contributed by atoms with van der Waals surface area (Å²) in [6.07, 6.45) is 0.892. The molecule has 0 saturated carbocycles. The molecule has 1 aromatic rings. The van der Waals surface area contributed by atoms with E-state index >= 15 is 0 Å². The number of hydrogen-bond acceptors (Lipinski definition) is 3. The second kappa shape index (κ2) is 7.01. The molecule has 0 radical (unpaired) electrons. The molecule has 0 aliphatic heterocycles. The van der Waals surface area contributed by atoms with Crippen molar-refractivity contribution in [3.05, 3.63) is 29.3 Å². The maximum atomic E-state index is 12.1. The molecule has 0 saturated heterocycles. The lowest BCUT2D eigenvalue weighted by molar-refractivity contribution is 0.0945. The van der Waals surface area contributed by atoms with Crippen LogP contribution in [0, 0.1) is 5.92 Å². The molecule has 1 atom stereocenters. The molecule has 3 N–H and O–H groups in total. The van der Waals surface area contributed by atoms with Gasteiger partial charge in [0.15, 0.2) is 0 Å². The van der Waals surface area contributed by atoms with Crippen LogP contribution in [0.4, 0.5) is 0 Å². The lowest BCUT2D eigenvalue weighted by Crippen LogP contribution is -2.31. The van der Waals surface area contributed by atoms with E-state index in [1.165, 1.54) is 0 Å². The number of methoxy groups -OCH3 is 1. The molecule has 1 aromatic carbocycles. The van der Waals surface area contributed by atoms with E-state index in [9.17, 15) is 4.79 Å². The molecule has 0 spiro atoms. The van der Waals surface area contributed by atoms with Crippen molar-refractivity contribution in [3.63, 3.8) is 0 Å². The van der Waals surface area contributed by atoms with E-state index < -0.39 is 0 Å². The van der Waals surface area contributed by atoms with Gasteiger partial charge in [0.05, 0.1) is 12.7 Å². The number of aryl methyl sites for hydroxylation is 1. The van der Waals surface area contributed by atoms with Crippen LogP contribution < -0.4 is 15.8 Å². The Morgan fingerprint density at radius 3 is 2.78 bits per heavy atom. The van der Waals surface area contributed by atoms with Gasteiger partial charge in [0, 0.05) is 6.54 Å². The SMILES string of the molecule is CCc1ccc(OC)c(C(=O)NCC(C)CN)c1. The fraction of sp³-hybridized carbons (Fsp3) is 0.500. The Morgan fingerprint density at radius 2 is 2.22 bits per heavy atom. The van der Waals surface area contributed by atoms with Crippen molar-refractivity contribution < 1.29 is 9.53 Å². The van der Waals surface area contributed by atoms with Crippen molar-refractivity contribution in [1.82, 2.24) is 5.32 Å². The van der Waals surface area contributed by atoms with Gasteiger partial charge >= 0.3 is 0 Å². The van der Waals surface area contributed by atoms with E-state index in [1.807, 2.05) is 25.1 Å². The van der Waals surface area contributed by atoms with Crippen molar-refractivity contribution in [2.24, 2.45) is 11.7 Å². The third-order valence-corrected chi connectivity index (χ3v) is 2.93. The van der Waals surface area contributed by atoms with Crippen LogP contribution in [0.3, 0.4) is 0 Å². The number of carbonyl (C=O) groups excluding carboxylic acids is 1. The molecule has 0 fully saturated rings. The van der Waals surface area contributed by atoms with Gasteiger partial charge in [-0.25, -0.2) is 0 Å². The lowest BCUT2D eigenvalue weighted by Gasteiger charge is -2.13. The van der Waals surface area contributed by atoms with Gasteiger partial charge in [0.1, 0.15) is 5.75 Å². The summed E-state index contributed by atoms with van der Waals surface area (Å²) in [5.41, 5.74) is 7.23.